The Balaban J connectivity index is 1.92. The van der Waals surface area contributed by atoms with Crippen LogP contribution in [0.25, 0.3) is 11.3 Å². The number of carbonyl (C=O) groups excluding carboxylic acids is 2. The van der Waals surface area contributed by atoms with Crippen LogP contribution in [0, 0.1) is 0 Å². The van der Waals surface area contributed by atoms with E-state index in [1.807, 2.05) is 6.07 Å². The van der Waals surface area contributed by atoms with Crippen molar-refractivity contribution >= 4 is 35.0 Å². The molecular formula is C23H19Cl2N5O2. The number of carbonyl (C=O) groups is 2. The highest BCUT2D eigenvalue weighted by Gasteiger charge is 2.48. The van der Waals surface area contributed by atoms with Crippen molar-refractivity contribution in [1.82, 2.24) is 14.8 Å². The van der Waals surface area contributed by atoms with Gasteiger partial charge in [-0.3, -0.25) is 19.3 Å². The summed E-state index contributed by atoms with van der Waals surface area (Å²) in [5.74, 6) is -1.38. The van der Waals surface area contributed by atoms with Crippen LogP contribution in [0.5, 0.6) is 0 Å². The summed E-state index contributed by atoms with van der Waals surface area (Å²) < 4.78 is 1.52. The highest BCUT2D eigenvalue weighted by atomic mass is 35.5. The lowest BCUT2D eigenvalue weighted by Crippen LogP contribution is -2.47. The molecule has 1 aliphatic rings. The fraction of sp³-hybridized carbons (Fsp3) is 0.130. The lowest BCUT2D eigenvalue weighted by atomic mass is 9.69. The van der Waals surface area contributed by atoms with Crippen LogP contribution in [0.4, 0.5) is 0 Å². The minimum Gasteiger partial charge on any atom is -0.368 e. The zero-order valence-corrected chi connectivity index (χ0v) is 18.5. The average molecular weight is 468 g/mol. The van der Waals surface area contributed by atoms with Gasteiger partial charge < -0.3 is 11.5 Å². The Morgan fingerprint density at radius 1 is 1.00 bits per heavy atom. The van der Waals surface area contributed by atoms with E-state index in [0.717, 1.165) is 0 Å². The summed E-state index contributed by atoms with van der Waals surface area (Å²) in [6, 6.07) is 12.1. The third-order valence-electron chi connectivity index (χ3n) is 5.73. The van der Waals surface area contributed by atoms with Crippen LogP contribution in [0.1, 0.15) is 11.3 Å². The monoisotopic (exact) mass is 467 g/mol. The Bertz CT molecular complexity index is 1280. The molecule has 2 amide bonds. The van der Waals surface area contributed by atoms with Gasteiger partial charge in [0, 0.05) is 35.1 Å². The molecule has 162 valence electrons. The lowest BCUT2D eigenvalue weighted by molar-refractivity contribution is -0.122. The minimum absolute atomic E-state index is 0.0433. The van der Waals surface area contributed by atoms with Gasteiger partial charge in [-0.2, -0.15) is 5.10 Å². The number of benzene rings is 1. The first kappa shape index (κ1) is 21.8. The molecule has 0 saturated heterocycles. The lowest BCUT2D eigenvalue weighted by Gasteiger charge is -2.36. The molecule has 4 N–H and O–H groups in total. The number of hydrogen-bond donors (Lipinski definition) is 2. The molecule has 0 fully saturated rings. The second-order valence-corrected chi connectivity index (χ2v) is 8.30. The van der Waals surface area contributed by atoms with Crippen molar-refractivity contribution in [3.05, 3.63) is 94.4 Å². The Kier molecular flexibility index (Phi) is 5.40. The third-order valence-corrected chi connectivity index (χ3v) is 6.47. The third kappa shape index (κ3) is 3.21. The van der Waals surface area contributed by atoms with Gasteiger partial charge in [0.2, 0.25) is 11.8 Å². The summed E-state index contributed by atoms with van der Waals surface area (Å²) in [6.07, 6.45) is 7.70. The van der Waals surface area contributed by atoms with E-state index in [2.05, 4.69) is 10.1 Å². The highest BCUT2D eigenvalue weighted by Crippen LogP contribution is 2.46. The number of aryl methyl sites for hydroxylation is 1. The number of hydrogen-bond acceptors (Lipinski definition) is 4. The first-order chi connectivity index (χ1) is 15.2. The molecule has 1 aromatic carbocycles. The van der Waals surface area contributed by atoms with E-state index in [4.69, 9.17) is 34.7 Å². The van der Waals surface area contributed by atoms with Crippen molar-refractivity contribution in [1.29, 1.82) is 0 Å². The van der Waals surface area contributed by atoms with Crippen LogP contribution in [0.3, 0.4) is 0 Å². The van der Waals surface area contributed by atoms with E-state index in [1.165, 1.54) is 22.9 Å². The number of aromatic nitrogens is 3. The molecule has 2 unspecified atom stereocenters. The minimum atomic E-state index is -1.52. The summed E-state index contributed by atoms with van der Waals surface area (Å²) in [6.45, 7) is 0. The van der Waals surface area contributed by atoms with Gasteiger partial charge in [-0.15, -0.1) is 0 Å². The highest BCUT2D eigenvalue weighted by molar-refractivity contribution is 6.35. The molecule has 0 saturated carbocycles. The van der Waals surface area contributed by atoms with E-state index >= 15 is 0 Å². The average Bonchev–Trinajstić information content (AvgIpc) is 3.21. The van der Waals surface area contributed by atoms with Crippen molar-refractivity contribution in [3.8, 4) is 11.3 Å². The topological polar surface area (TPSA) is 117 Å². The molecule has 0 spiro atoms. The number of primary amides is 2. The molecule has 1 aliphatic carbocycles. The van der Waals surface area contributed by atoms with Crippen LogP contribution in [-0.4, -0.2) is 26.6 Å². The van der Waals surface area contributed by atoms with Crippen LogP contribution < -0.4 is 11.5 Å². The summed E-state index contributed by atoms with van der Waals surface area (Å²) in [5.41, 5.74) is 10.9. The molecule has 0 aliphatic heterocycles. The van der Waals surface area contributed by atoms with Crippen molar-refractivity contribution in [2.24, 2.45) is 18.5 Å². The molecule has 2 atom stereocenters. The van der Waals surface area contributed by atoms with Crippen LogP contribution >= 0.6 is 23.2 Å². The van der Waals surface area contributed by atoms with Crippen LogP contribution in [0.15, 0.2) is 78.1 Å². The molecule has 32 heavy (non-hydrogen) atoms. The fourth-order valence-electron chi connectivity index (χ4n) is 3.98. The van der Waals surface area contributed by atoms with E-state index in [0.29, 0.717) is 27.5 Å². The molecule has 3 aromatic rings. The van der Waals surface area contributed by atoms with Gasteiger partial charge >= 0.3 is 0 Å². The SMILES string of the molecule is Cn1nccc1C1(C(N)=O)C=CC(C(N)=O)(c2ccc(Cl)c(-c3ccccn3)c2)C(Cl)=C1. The predicted molar refractivity (Wildman–Crippen MR) is 123 cm³/mol. The first-order valence-electron chi connectivity index (χ1n) is 9.61. The number of nitrogens with two attached hydrogens (primary N) is 2. The first-order valence-corrected chi connectivity index (χ1v) is 10.4. The molecular weight excluding hydrogens is 449 g/mol. The van der Waals surface area contributed by atoms with Crippen molar-refractivity contribution in [2.45, 2.75) is 10.8 Å². The zero-order valence-electron chi connectivity index (χ0n) is 17.0. The van der Waals surface area contributed by atoms with Crippen molar-refractivity contribution in [2.75, 3.05) is 0 Å². The summed E-state index contributed by atoms with van der Waals surface area (Å²) in [5, 5.41) is 4.61. The summed E-state index contributed by atoms with van der Waals surface area (Å²) >= 11 is 13.1. The second kappa shape index (κ2) is 7.93. The normalized spacial score (nSPS) is 22.4. The maximum absolute atomic E-state index is 12.8. The Hall–Kier alpha value is -3.42. The molecule has 4 rings (SSSR count). The predicted octanol–water partition coefficient (Wildman–Crippen LogP) is 2.97. The quantitative estimate of drug-likeness (QED) is 0.560. The van der Waals surface area contributed by atoms with E-state index in [9.17, 15) is 9.59 Å². The van der Waals surface area contributed by atoms with Gasteiger partial charge in [0.15, 0.2) is 0 Å². The van der Waals surface area contributed by atoms with Crippen LogP contribution in [0.2, 0.25) is 5.02 Å². The molecule has 2 heterocycles. The number of rotatable bonds is 5. The Morgan fingerprint density at radius 2 is 1.78 bits per heavy atom. The Morgan fingerprint density at radius 3 is 2.34 bits per heavy atom. The second-order valence-electron chi connectivity index (χ2n) is 7.48. The van der Waals surface area contributed by atoms with Gasteiger partial charge in [-0.05, 0) is 42.0 Å². The number of pyridine rings is 1. The molecule has 9 heteroatoms. The molecule has 0 bridgehead atoms. The smallest absolute Gasteiger partial charge is 0.237 e. The fourth-order valence-corrected chi connectivity index (χ4v) is 4.63. The number of amides is 2. The van der Waals surface area contributed by atoms with Gasteiger partial charge in [0.1, 0.15) is 10.8 Å². The van der Waals surface area contributed by atoms with Crippen molar-refractivity contribution in [3.63, 3.8) is 0 Å². The molecule has 7 nitrogen and oxygen atoms in total. The summed E-state index contributed by atoms with van der Waals surface area (Å²) in [7, 11) is 1.68. The van der Waals surface area contributed by atoms with Crippen molar-refractivity contribution < 1.29 is 9.59 Å². The standard InChI is InChI=1S/C23H19Cl2N5O2/c1-30-19(7-11-29-30)22(20(26)31)8-9-23(21(27)32,18(25)13-22)14-5-6-16(24)15(12-14)17-4-2-3-10-28-17/h2-13H,1H3,(H2,26,31)(H2,27,32). The largest absolute Gasteiger partial charge is 0.368 e. The molecule has 0 radical (unpaired) electrons. The number of nitrogens with zero attached hydrogens (tertiary/aromatic N) is 3. The maximum Gasteiger partial charge on any atom is 0.237 e. The van der Waals surface area contributed by atoms with Crippen LogP contribution in [-0.2, 0) is 27.5 Å². The van der Waals surface area contributed by atoms with Gasteiger partial charge in [0.05, 0.1) is 11.4 Å². The van der Waals surface area contributed by atoms with Gasteiger partial charge in [-0.1, -0.05) is 47.5 Å². The van der Waals surface area contributed by atoms with E-state index in [1.54, 1.807) is 55.8 Å². The Labute approximate surface area is 194 Å². The van der Waals surface area contributed by atoms with Gasteiger partial charge in [0.25, 0.3) is 0 Å². The zero-order chi connectivity index (χ0) is 23.1. The van der Waals surface area contributed by atoms with Gasteiger partial charge in [-0.25, -0.2) is 0 Å². The number of halogens is 2. The molecule has 2 aromatic heterocycles. The van der Waals surface area contributed by atoms with E-state index < -0.39 is 22.6 Å². The maximum atomic E-state index is 12.8. The van der Waals surface area contributed by atoms with E-state index in [-0.39, 0.29) is 5.03 Å². The summed E-state index contributed by atoms with van der Waals surface area (Å²) in [4.78, 5) is 29.7.